The summed E-state index contributed by atoms with van der Waals surface area (Å²) in [5.74, 6) is -3.94. The Kier molecular flexibility index (Phi) is 11.5. The summed E-state index contributed by atoms with van der Waals surface area (Å²) >= 11 is 3.46. The minimum atomic E-state index is -4.74. The van der Waals surface area contributed by atoms with E-state index >= 15 is 0 Å². The van der Waals surface area contributed by atoms with Gasteiger partial charge in [-0.1, -0.05) is 107 Å². The molecule has 0 radical (unpaired) electrons. The lowest BCUT2D eigenvalue weighted by Crippen LogP contribution is -2.45. The highest BCUT2D eigenvalue weighted by Crippen LogP contribution is 2.44. The van der Waals surface area contributed by atoms with Crippen molar-refractivity contribution < 1.29 is 37.0 Å². The average Bonchev–Trinajstić information content (AvgIpc) is 3.66. The van der Waals surface area contributed by atoms with Crippen molar-refractivity contribution in [3.63, 3.8) is 0 Å². The lowest BCUT2D eigenvalue weighted by atomic mass is 9.92. The monoisotopic (exact) mass is 786 g/mol. The zero-order chi connectivity index (χ0) is 37.7. The van der Waals surface area contributed by atoms with Crippen LogP contribution in [0.5, 0.6) is 0 Å². The highest BCUT2D eigenvalue weighted by atomic mass is 79.9. The summed E-state index contributed by atoms with van der Waals surface area (Å²) < 4.78 is 54.9. The van der Waals surface area contributed by atoms with E-state index in [2.05, 4.69) is 22.5 Å². The third kappa shape index (κ3) is 8.73. The van der Waals surface area contributed by atoms with Crippen LogP contribution in [0.4, 0.5) is 18.0 Å². The number of hydrogen-bond donors (Lipinski definition) is 0. The van der Waals surface area contributed by atoms with Crippen LogP contribution in [-0.4, -0.2) is 59.8 Å². The van der Waals surface area contributed by atoms with Crippen molar-refractivity contribution in [3.8, 4) is 11.1 Å². The number of nitrogens with zero attached hydrogens (tertiary/aromatic N) is 2. The van der Waals surface area contributed by atoms with Crippen LogP contribution in [0.25, 0.3) is 22.0 Å². The number of para-hydroxylation sites is 1. The van der Waals surface area contributed by atoms with Gasteiger partial charge in [0, 0.05) is 53.9 Å². The summed E-state index contributed by atoms with van der Waals surface area (Å²) in [7, 11) is 1.40. The van der Waals surface area contributed by atoms with Crippen LogP contribution in [0.1, 0.15) is 41.0 Å². The predicted molar refractivity (Wildman–Crippen MR) is 200 cm³/mol. The Labute approximate surface area is 314 Å². The minimum absolute atomic E-state index is 0.0187. The normalized spacial score (nSPS) is 13.5. The Morgan fingerprint density at radius 3 is 2.17 bits per heavy atom. The zero-order valence-electron chi connectivity index (χ0n) is 29.0. The Bertz CT molecular complexity index is 2080. The Morgan fingerprint density at radius 1 is 0.906 bits per heavy atom. The van der Waals surface area contributed by atoms with Gasteiger partial charge in [-0.2, -0.15) is 13.2 Å². The SMILES string of the molecule is C=CCOC(=O)[C@@H](CC(=O)[C@H](Cc1cn(Cc2ccc(Br)cc2)c2ccccc12)N(C)C(=O)OCC1c2ccccc2-c2ccccc21)CC(F)(F)F. The molecule has 5 aromatic rings. The number of ketones is 1. The van der Waals surface area contributed by atoms with Crippen molar-refractivity contribution >= 4 is 44.7 Å². The first-order chi connectivity index (χ1) is 25.4. The number of amides is 1. The third-order valence-electron chi connectivity index (χ3n) is 9.62. The number of rotatable bonds is 14. The van der Waals surface area contributed by atoms with Gasteiger partial charge < -0.3 is 18.9 Å². The van der Waals surface area contributed by atoms with Crippen molar-refractivity contribution in [2.45, 2.75) is 43.9 Å². The van der Waals surface area contributed by atoms with E-state index in [1.54, 1.807) is 0 Å². The second kappa shape index (κ2) is 16.2. The number of hydrogen-bond acceptors (Lipinski definition) is 5. The number of carbonyl (C=O) groups excluding carboxylic acids is 3. The zero-order valence-corrected chi connectivity index (χ0v) is 30.6. The maximum atomic E-state index is 14.2. The summed E-state index contributed by atoms with van der Waals surface area (Å²) in [6.45, 7) is 3.63. The molecule has 53 heavy (non-hydrogen) atoms. The molecule has 0 N–H and O–H groups in total. The van der Waals surface area contributed by atoms with Gasteiger partial charge in [-0.15, -0.1) is 0 Å². The molecule has 1 aliphatic rings. The molecule has 0 unspecified atom stereocenters. The van der Waals surface area contributed by atoms with Gasteiger partial charge in [0.05, 0.1) is 18.4 Å². The first kappa shape index (κ1) is 37.6. The van der Waals surface area contributed by atoms with Crippen LogP contribution in [0.15, 0.2) is 120 Å². The van der Waals surface area contributed by atoms with Gasteiger partial charge >= 0.3 is 18.2 Å². The fraction of sp³-hybridized carbons (Fsp3) is 0.262. The first-order valence-corrected chi connectivity index (χ1v) is 18.0. The smallest absolute Gasteiger partial charge is 0.410 e. The molecule has 4 aromatic carbocycles. The van der Waals surface area contributed by atoms with Gasteiger partial charge in [0.1, 0.15) is 13.2 Å². The van der Waals surface area contributed by atoms with E-state index in [-0.39, 0.29) is 25.6 Å². The van der Waals surface area contributed by atoms with Crippen molar-refractivity contribution in [2.24, 2.45) is 5.92 Å². The molecule has 1 aliphatic carbocycles. The molecule has 2 atom stereocenters. The van der Waals surface area contributed by atoms with E-state index in [4.69, 9.17) is 9.47 Å². The molecule has 6 rings (SSSR count). The van der Waals surface area contributed by atoms with Crippen LogP contribution < -0.4 is 0 Å². The molecule has 274 valence electrons. The summed E-state index contributed by atoms with van der Waals surface area (Å²) in [6, 6.07) is 29.9. The number of halogens is 4. The molecular weight excluding hydrogens is 749 g/mol. The summed E-state index contributed by atoms with van der Waals surface area (Å²) in [5, 5.41) is 0.820. The van der Waals surface area contributed by atoms with E-state index in [1.165, 1.54) is 13.1 Å². The van der Waals surface area contributed by atoms with Gasteiger partial charge in [-0.25, -0.2) is 4.79 Å². The number of aromatic nitrogens is 1. The van der Waals surface area contributed by atoms with Gasteiger partial charge in [0.15, 0.2) is 5.78 Å². The number of alkyl halides is 3. The third-order valence-corrected chi connectivity index (χ3v) is 10.1. The lowest BCUT2D eigenvalue weighted by Gasteiger charge is -2.28. The minimum Gasteiger partial charge on any atom is -0.461 e. The molecule has 0 aliphatic heterocycles. The number of likely N-dealkylation sites (N-methyl/N-ethyl adjacent to an activating group) is 1. The molecule has 0 saturated carbocycles. The Morgan fingerprint density at radius 2 is 1.53 bits per heavy atom. The fourth-order valence-electron chi connectivity index (χ4n) is 7.06. The second-order valence-corrected chi connectivity index (χ2v) is 14.1. The van der Waals surface area contributed by atoms with E-state index in [9.17, 15) is 27.6 Å². The maximum absolute atomic E-state index is 14.2. The van der Waals surface area contributed by atoms with E-state index < -0.39 is 48.8 Å². The number of carbonyl (C=O) groups is 3. The highest BCUT2D eigenvalue weighted by molar-refractivity contribution is 9.10. The van der Waals surface area contributed by atoms with Crippen molar-refractivity contribution in [1.82, 2.24) is 9.47 Å². The van der Waals surface area contributed by atoms with Crippen molar-refractivity contribution in [2.75, 3.05) is 20.3 Å². The number of benzene rings is 4. The maximum Gasteiger partial charge on any atom is 0.410 e. The van der Waals surface area contributed by atoms with Crippen molar-refractivity contribution in [3.05, 3.63) is 143 Å². The number of Topliss-reactive ketones (excluding diaryl/α,β-unsaturated/α-hetero) is 1. The summed E-state index contributed by atoms with van der Waals surface area (Å²) in [5.41, 5.74) is 6.70. The van der Waals surface area contributed by atoms with Gasteiger partial charge in [-0.05, 0) is 51.6 Å². The number of fused-ring (bicyclic) bond motifs is 4. The topological polar surface area (TPSA) is 77.8 Å². The second-order valence-electron chi connectivity index (χ2n) is 13.2. The van der Waals surface area contributed by atoms with Crippen molar-refractivity contribution in [1.29, 1.82) is 0 Å². The molecule has 0 spiro atoms. The fourth-order valence-corrected chi connectivity index (χ4v) is 7.32. The Balaban J connectivity index is 1.30. The molecule has 7 nitrogen and oxygen atoms in total. The van der Waals surface area contributed by atoms with Gasteiger partial charge in [0.2, 0.25) is 0 Å². The molecule has 0 saturated heterocycles. The molecule has 0 fully saturated rings. The van der Waals surface area contributed by atoms with E-state index in [0.717, 1.165) is 48.1 Å². The molecule has 1 amide bonds. The van der Waals surface area contributed by atoms with Crippen LogP contribution in [0.2, 0.25) is 0 Å². The molecule has 11 heteroatoms. The van der Waals surface area contributed by atoms with Crippen LogP contribution in [0.3, 0.4) is 0 Å². The van der Waals surface area contributed by atoms with Crippen LogP contribution >= 0.6 is 15.9 Å². The number of ether oxygens (including phenoxy) is 2. The standard InChI is InChI=1S/C42H38BrF3N2O5/c1-3-20-52-40(50)28(23-42(44,45)46)22-39(49)38(21-29-25-48(37-15-9-8-10-31(29)37)24-27-16-18-30(43)19-17-27)47(2)41(51)53-26-36-34-13-6-4-11-32(34)33-12-5-7-14-35(33)36/h3-19,25,28,36,38H,1,20-24,26H2,2H3/t28-,38-/m0/s1. The molecule has 0 bridgehead atoms. The molecule has 1 heterocycles. The van der Waals surface area contributed by atoms with Crippen LogP contribution in [0, 0.1) is 5.92 Å². The van der Waals surface area contributed by atoms with E-state index in [1.807, 2.05) is 108 Å². The van der Waals surface area contributed by atoms with Gasteiger partial charge in [0.25, 0.3) is 0 Å². The molecular formula is C42H38BrF3N2O5. The number of esters is 1. The Hall–Kier alpha value is -5.16. The highest BCUT2D eigenvalue weighted by Gasteiger charge is 2.40. The average molecular weight is 788 g/mol. The summed E-state index contributed by atoms with van der Waals surface area (Å²) in [6.07, 6.45) is -4.81. The largest absolute Gasteiger partial charge is 0.461 e. The van der Waals surface area contributed by atoms with E-state index in [0.29, 0.717) is 12.1 Å². The summed E-state index contributed by atoms with van der Waals surface area (Å²) in [4.78, 5) is 41.9. The van der Waals surface area contributed by atoms with Crippen LogP contribution in [-0.2, 0) is 32.0 Å². The quantitative estimate of drug-likeness (QED) is 0.0828. The molecule has 1 aromatic heterocycles. The first-order valence-electron chi connectivity index (χ1n) is 17.2. The lowest BCUT2D eigenvalue weighted by molar-refractivity contribution is -0.168. The predicted octanol–water partition coefficient (Wildman–Crippen LogP) is 9.50. The van der Waals surface area contributed by atoms with Gasteiger partial charge in [-0.3, -0.25) is 9.59 Å².